The summed E-state index contributed by atoms with van der Waals surface area (Å²) < 4.78 is 0. The van der Waals surface area contributed by atoms with E-state index < -0.39 is 17.9 Å². The van der Waals surface area contributed by atoms with E-state index in [1.54, 1.807) is 6.92 Å². The lowest BCUT2D eigenvalue weighted by Gasteiger charge is -2.15. The largest absolute Gasteiger partial charge is 0.481 e. The van der Waals surface area contributed by atoms with Gasteiger partial charge >= 0.3 is 5.97 Å². The number of aliphatic carboxylic acids is 1. The average Bonchev–Trinajstić information content (AvgIpc) is 2.03. The van der Waals surface area contributed by atoms with Crippen molar-refractivity contribution in [2.24, 2.45) is 11.0 Å². The third-order valence-corrected chi connectivity index (χ3v) is 1.84. The minimum Gasteiger partial charge on any atom is -0.481 e. The molecule has 5 heteroatoms. The molecule has 0 spiro atoms. The topological polar surface area (TPSA) is 86.1 Å². The van der Waals surface area contributed by atoms with Gasteiger partial charge in [-0.3, -0.25) is 4.79 Å². The van der Waals surface area contributed by atoms with Crippen LogP contribution in [0.4, 0.5) is 0 Å². The number of nitrogens with zero attached hydrogens (tertiary/aromatic N) is 3. The zero-order valence-electron chi connectivity index (χ0n) is 7.27. The number of hydrogen-bond acceptors (Lipinski definition) is 2. The molecule has 0 aliphatic carbocycles. The van der Waals surface area contributed by atoms with Gasteiger partial charge in [0.25, 0.3) is 0 Å². The van der Waals surface area contributed by atoms with Crippen molar-refractivity contribution in [3.05, 3.63) is 10.4 Å². The maximum absolute atomic E-state index is 10.6. The summed E-state index contributed by atoms with van der Waals surface area (Å²) in [5, 5.41) is 12.2. The molecule has 5 nitrogen and oxygen atoms in total. The van der Waals surface area contributed by atoms with E-state index in [2.05, 4.69) is 10.0 Å². The van der Waals surface area contributed by atoms with Crippen molar-refractivity contribution in [3.63, 3.8) is 0 Å². The van der Waals surface area contributed by atoms with Crippen LogP contribution in [0.1, 0.15) is 26.7 Å². The van der Waals surface area contributed by atoms with Crippen molar-refractivity contribution < 1.29 is 9.90 Å². The first-order valence-corrected chi connectivity index (χ1v) is 3.94. The number of carboxylic acids is 1. The molecule has 12 heavy (non-hydrogen) atoms. The van der Waals surface area contributed by atoms with E-state index in [0.717, 1.165) is 0 Å². The van der Waals surface area contributed by atoms with Crippen molar-refractivity contribution in [1.29, 1.82) is 0 Å². The van der Waals surface area contributed by atoms with Crippen LogP contribution in [0, 0.1) is 5.92 Å². The molecule has 0 rings (SSSR count). The highest BCUT2D eigenvalue weighted by molar-refractivity contribution is 5.70. The summed E-state index contributed by atoms with van der Waals surface area (Å²) in [6.45, 7) is 3.58. The predicted octanol–water partition coefficient (Wildman–Crippen LogP) is 2.19. The molecule has 1 N–H and O–H groups in total. The van der Waals surface area contributed by atoms with Crippen LogP contribution in [0.2, 0.25) is 0 Å². The monoisotopic (exact) mass is 171 g/mol. The molecule has 0 heterocycles. The van der Waals surface area contributed by atoms with Gasteiger partial charge in [-0.15, -0.1) is 0 Å². The highest BCUT2D eigenvalue weighted by Gasteiger charge is 2.23. The van der Waals surface area contributed by atoms with Crippen molar-refractivity contribution >= 4 is 5.97 Å². The van der Waals surface area contributed by atoms with E-state index >= 15 is 0 Å². The fraction of sp³-hybridized carbons (Fsp3) is 0.857. The molecule has 0 aromatic carbocycles. The second-order valence-corrected chi connectivity index (χ2v) is 2.53. The first kappa shape index (κ1) is 10.8. The molecular formula is C7H13N3O2. The van der Waals surface area contributed by atoms with Crippen LogP contribution in [0.25, 0.3) is 10.4 Å². The van der Waals surface area contributed by atoms with Gasteiger partial charge in [0.15, 0.2) is 0 Å². The molecule has 0 saturated heterocycles. The van der Waals surface area contributed by atoms with Gasteiger partial charge in [-0.1, -0.05) is 19.0 Å². The molecule has 0 unspecified atom stereocenters. The minimum absolute atomic E-state index is 0.419. The molecule has 0 fully saturated rings. The van der Waals surface area contributed by atoms with Crippen molar-refractivity contribution in [3.8, 4) is 0 Å². The van der Waals surface area contributed by atoms with Crippen LogP contribution in [0.15, 0.2) is 5.11 Å². The van der Waals surface area contributed by atoms with Gasteiger partial charge in [0.2, 0.25) is 0 Å². The lowest BCUT2D eigenvalue weighted by molar-refractivity contribution is -0.142. The molecule has 68 valence electrons. The Kier molecular flexibility index (Phi) is 4.88. The lowest BCUT2D eigenvalue weighted by atomic mass is 9.96. The van der Waals surface area contributed by atoms with Crippen LogP contribution < -0.4 is 0 Å². The number of carboxylic acid groups (broad SMARTS) is 1. The lowest BCUT2D eigenvalue weighted by Crippen LogP contribution is -2.25. The van der Waals surface area contributed by atoms with Gasteiger partial charge in [0, 0.05) is 4.91 Å². The van der Waals surface area contributed by atoms with Crippen LogP contribution >= 0.6 is 0 Å². The Balaban J connectivity index is 4.43. The van der Waals surface area contributed by atoms with Gasteiger partial charge in [0.05, 0.1) is 12.0 Å². The van der Waals surface area contributed by atoms with Crippen LogP contribution in [-0.2, 0) is 4.79 Å². The summed E-state index contributed by atoms with van der Waals surface area (Å²) in [6.07, 6.45) is 1.06. The van der Waals surface area contributed by atoms with Gasteiger partial charge in [-0.25, -0.2) is 0 Å². The molecule has 0 amide bonds. The van der Waals surface area contributed by atoms with Crippen molar-refractivity contribution in [2.45, 2.75) is 32.7 Å². The number of carbonyl (C=O) groups is 1. The predicted molar refractivity (Wildman–Crippen MR) is 44.6 cm³/mol. The quantitative estimate of drug-likeness (QED) is 0.390. The van der Waals surface area contributed by atoms with E-state index in [0.29, 0.717) is 12.8 Å². The maximum Gasteiger partial charge on any atom is 0.306 e. The van der Waals surface area contributed by atoms with Gasteiger partial charge < -0.3 is 5.11 Å². The molecule has 0 aromatic rings. The summed E-state index contributed by atoms with van der Waals surface area (Å²) >= 11 is 0. The fourth-order valence-electron chi connectivity index (χ4n) is 1.12. The van der Waals surface area contributed by atoms with Crippen molar-refractivity contribution in [1.82, 2.24) is 0 Å². The van der Waals surface area contributed by atoms with Crippen LogP contribution in [0.5, 0.6) is 0 Å². The Morgan fingerprint density at radius 2 is 2.17 bits per heavy atom. The summed E-state index contributed by atoms with van der Waals surface area (Å²) in [5.41, 5.74) is 8.16. The van der Waals surface area contributed by atoms with Crippen LogP contribution in [0.3, 0.4) is 0 Å². The molecule has 0 aliphatic heterocycles. The molecule has 0 aromatic heterocycles. The molecule has 0 saturated carbocycles. The van der Waals surface area contributed by atoms with Crippen LogP contribution in [-0.4, -0.2) is 17.1 Å². The zero-order valence-corrected chi connectivity index (χ0v) is 7.27. The third kappa shape index (κ3) is 2.80. The van der Waals surface area contributed by atoms with E-state index in [4.69, 9.17) is 10.6 Å². The molecule has 0 bridgehead atoms. The van der Waals surface area contributed by atoms with Crippen molar-refractivity contribution in [2.75, 3.05) is 0 Å². The molecular weight excluding hydrogens is 158 g/mol. The maximum atomic E-state index is 10.6. The van der Waals surface area contributed by atoms with E-state index in [1.165, 1.54) is 0 Å². The standard InChI is InChI=1S/C7H13N3O2/c1-3-5(7(11)12)6(4-2)9-10-8/h5-6H,3-4H2,1-2H3,(H,11,12)/t5-,6+/m0/s1. The Bertz CT molecular complexity index is 191. The highest BCUT2D eigenvalue weighted by atomic mass is 16.4. The Labute approximate surface area is 71.0 Å². The normalized spacial score (nSPS) is 14.5. The fourth-order valence-corrected chi connectivity index (χ4v) is 1.12. The number of azide groups is 1. The van der Waals surface area contributed by atoms with E-state index in [-0.39, 0.29) is 0 Å². The smallest absolute Gasteiger partial charge is 0.306 e. The van der Waals surface area contributed by atoms with Gasteiger partial charge in [0.1, 0.15) is 0 Å². The summed E-state index contributed by atoms with van der Waals surface area (Å²) in [4.78, 5) is 13.2. The third-order valence-electron chi connectivity index (χ3n) is 1.84. The SMILES string of the molecule is CC[C@H](C(=O)O)[C@@H](CC)N=[N+]=[N-]. The zero-order chi connectivity index (χ0) is 9.56. The second-order valence-electron chi connectivity index (χ2n) is 2.53. The summed E-state index contributed by atoms with van der Waals surface area (Å²) in [6, 6.07) is -0.419. The van der Waals surface area contributed by atoms with E-state index in [1.807, 2.05) is 6.92 Å². The second kappa shape index (κ2) is 5.43. The summed E-state index contributed by atoms with van der Waals surface area (Å²) in [7, 11) is 0. The average molecular weight is 171 g/mol. The highest BCUT2D eigenvalue weighted by Crippen LogP contribution is 2.15. The number of hydrogen-bond donors (Lipinski definition) is 1. The summed E-state index contributed by atoms with van der Waals surface area (Å²) in [5.74, 6) is -1.44. The Morgan fingerprint density at radius 1 is 1.58 bits per heavy atom. The van der Waals surface area contributed by atoms with Gasteiger partial charge in [-0.2, -0.15) is 0 Å². The minimum atomic E-state index is -0.892. The first-order chi connectivity index (χ1) is 5.67. The molecule has 2 atom stereocenters. The Morgan fingerprint density at radius 3 is 2.42 bits per heavy atom. The molecule has 0 aliphatic rings. The van der Waals surface area contributed by atoms with E-state index in [9.17, 15) is 4.79 Å². The van der Waals surface area contributed by atoms with Gasteiger partial charge in [-0.05, 0) is 18.4 Å². The Hall–Kier alpha value is -1.22. The number of rotatable bonds is 5. The first-order valence-electron chi connectivity index (χ1n) is 3.94. The molecule has 0 radical (unpaired) electrons.